The van der Waals surface area contributed by atoms with Crippen LogP contribution in [0.1, 0.15) is 20.7 Å². The van der Waals surface area contributed by atoms with Gasteiger partial charge >= 0.3 is 6.01 Å². The minimum atomic E-state index is -0.482. The molecule has 1 heterocycles. The maximum absolute atomic E-state index is 12.7. The van der Waals surface area contributed by atoms with Crippen LogP contribution in [0, 0.1) is 0 Å². The molecular weight excluding hydrogens is 448 g/mol. The monoisotopic (exact) mass is 462 g/mol. The van der Waals surface area contributed by atoms with E-state index in [2.05, 4.69) is 36.8 Å². The Morgan fingerprint density at radius 2 is 1.47 bits per heavy atom. The Balaban J connectivity index is 1.50. The summed E-state index contributed by atoms with van der Waals surface area (Å²) in [6.07, 6.45) is 0. The molecule has 0 atom stereocenters. The lowest BCUT2D eigenvalue weighted by molar-refractivity contribution is 0.102. The molecule has 8 heteroatoms. The molecule has 0 radical (unpaired) electrons. The van der Waals surface area contributed by atoms with Gasteiger partial charge in [0.25, 0.3) is 11.8 Å². The van der Waals surface area contributed by atoms with Gasteiger partial charge in [-0.2, -0.15) is 0 Å². The summed E-state index contributed by atoms with van der Waals surface area (Å²) >= 11 is 3.34. The van der Waals surface area contributed by atoms with Crippen molar-refractivity contribution in [3.05, 3.63) is 94.5 Å². The SMILES string of the molecule is O=C(Nc1ccccc1C(=O)Nc1nnc(-c2ccccc2)o1)c1ccc(Br)cc1. The second kappa shape index (κ2) is 8.71. The summed E-state index contributed by atoms with van der Waals surface area (Å²) in [5, 5.41) is 13.1. The summed E-state index contributed by atoms with van der Waals surface area (Å²) < 4.78 is 6.39. The number of hydrogen-bond donors (Lipinski definition) is 2. The lowest BCUT2D eigenvalue weighted by Crippen LogP contribution is -2.18. The van der Waals surface area contributed by atoms with Crippen molar-refractivity contribution in [3.63, 3.8) is 0 Å². The van der Waals surface area contributed by atoms with Gasteiger partial charge in [0.15, 0.2) is 0 Å². The van der Waals surface area contributed by atoms with Crippen molar-refractivity contribution in [1.82, 2.24) is 10.2 Å². The molecule has 0 aliphatic rings. The fourth-order valence-corrected chi connectivity index (χ4v) is 2.99. The molecular formula is C22H15BrN4O3. The highest BCUT2D eigenvalue weighted by Crippen LogP contribution is 2.22. The Hall–Kier alpha value is -3.78. The van der Waals surface area contributed by atoms with Crippen LogP contribution < -0.4 is 10.6 Å². The maximum Gasteiger partial charge on any atom is 0.322 e. The smallest absolute Gasteiger partial charge is 0.322 e. The number of carbonyl (C=O) groups is 2. The summed E-state index contributed by atoms with van der Waals surface area (Å²) in [7, 11) is 0. The van der Waals surface area contributed by atoms with E-state index in [0.29, 0.717) is 17.1 Å². The predicted octanol–water partition coefficient (Wildman–Crippen LogP) is 5.00. The van der Waals surface area contributed by atoms with Crippen molar-refractivity contribution in [2.75, 3.05) is 10.6 Å². The molecule has 2 amide bonds. The quantitative estimate of drug-likeness (QED) is 0.434. The molecule has 3 aromatic carbocycles. The molecule has 0 saturated heterocycles. The lowest BCUT2D eigenvalue weighted by Gasteiger charge is -2.10. The summed E-state index contributed by atoms with van der Waals surface area (Å²) in [6.45, 7) is 0. The van der Waals surface area contributed by atoms with Gasteiger partial charge < -0.3 is 9.73 Å². The minimum Gasteiger partial charge on any atom is -0.403 e. The number of nitrogens with one attached hydrogen (secondary N) is 2. The van der Waals surface area contributed by atoms with E-state index in [1.54, 1.807) is 48.5 Å². The molecule has 0 saturated carbocycles. The summed E-state index contributed by atoms with van der Waals surface area (Å²) in [5.74, 6) is -0.514. The van der Waals surface area contributed by atoms with Crippen LogP contribution in [0.15, 0.2) is 87.8 Å². The number of amides is 2. The van der Waals surface area contributed by atoms with E-state index in [1.807, 2.05) is 30.3 Å². The topological polar surface area (TPSA) is 97.1 Å². The molecule has 4 aromatic rings. The zero-order valence-corrected chi connectivity index (χ0v) is 17.1. The van der Waals surface area contributed by atoms with E-state index in [-0.39, 0.29) is 17.5 Å². The first-order chi connectivity index (χ1) is 14.6. The third-order valence-corrected chi connectivity index (χ3v) is 4.72. The molecule has 4 rings (SSSR count). The molecule has 0 aliphatic heterocycles. The average molecular weight is 463 g/mol. The van der Waals surface area contributed by atoms with Gasteiger partial charge in [0.1, 0.15) is 0 Å². The highest BCUT2D eigenvalue weighted by Gasteiger charge is 2.17. The number of halogens is 1. The zero-order chi connectivity index (χ0) is 20.9. The summed E-state index contributed by atoms with van der Waals surface area (Å²) in [6, 6.07) is 22.8. The number of aromatic nitrogens is 2. The number of anilines is 2. The number of nitrogens with zero attached hydrogens (tertiary/aromatic N) is 2. The lowest BCUT2D eigenvalue weighted by atomic mass is 10.1. The van der Waals surface area contributed by atoms with E-state index in [4.69, 9.17) is 4.42 Å². The van der Waals surface area contributed by atoms with Gasteiger partial charge in [0, 0.05) is 15.6 Å². The van der Waals surface area contributed by atoms with Crippen LogP contribution in [0.5, 0.6) is 0 Å². The van der Waals surface area contributed by atoms with Crippen molar-refractivity contribution < 1.29 is 14.0 Å². The van der Waals surface area contributed by atoms with Crippen molar-refractivity contribution in [2.24, 2.45) is 0 Å². The van der Waals surface area contributed by atoms with E-state index in [1.165, 1.54) is 0 Å². The van der Waals surface area contributed by atoms with Gasteiger partial charge in [-0.15, -0.1) is 5.10 Å². The van der Waals surface area contributed by atoms with Crippen molar-refractivity contribution in [1.29, 1.82) is 0 Å². The first-order valence-corrected chi connectivity index (χ1v) is 9.76. The summed E-state index contributed by atoms with van der Waals surface area (Å²) in [5.41, 5.74) is 1.85. The number of para-hydroxylation sites is 1. The fraction of sp³-hybridized carbons (Fsp3) is 0. The van der Waals surface area contributed by atoms with Gasteiger partial charge in [-0.25, -0.2) is 0 Å². The van der Waals surface area contributed by atoms with E-state index < -0.39 is 5.91 Å². The zero-order valence-electron chi connectivity index (χ0n) is 15.5. The second-order valence-electron chi connectivity index (χ2n) is 6.24. The maximum atomic E-state index is 12.7. The van der Waals surface area contributed by atoms with Crippen LogP contribution in [0.3, 0.4) is 0 Å². The van der Waals surface area contributed by atoms with Crippen LogP contribution in [0.25, 0.3) is 11.5 Å². The molecule has 148 valence electrons. The average Bonchev–Trinajstić information content (AvgIpc) is 3.23. The van der Waals surface area contributed by atoms with Crippen LogP contribution in [-0.4, -0.2) is 22.0 Å². The van der Waals surface area contributed by atoms with Crippen molar-refractivity contribution in [3.8, 4) is 11.5 Å². The molecule has 0 spiro atoms. The Labute approximate surface area is 180 Å². The third-order valence-electron chi connectivity index (χ3n) is 4.19. The normalized spacial score (nSPS) is 10.4. The number of hydrogen-bond acceptors (Lipinski definition) is 5. The first kappa shape index (κ1) is 19.5. The largest absolute Gasteiger partial charge is 0.403 e. The van der Waals surface area contributed by atoms with E-state index >= 15 is 0 Å². The van der Waals surface area contributed by atoms with E-state index in [0.717, 1.165) is 10.0 Å². The Kier molecular flexibility index (Phi) is 5.67. The number of carbonyl (C=O) groups excluding carboxylic acids is 2. The molecule has 30 heavy (non-hydrogen) atoms. The van der Waals surface area contributed by atoms with Crippen molar-refractivity contribution in [2.45, 2.75) is 0 Å². The van der Waals surface area contributed by atoms with Gasteiger partial charge in [-0.3, -0.25) is 14.9 Å². The number of rotatable bonds is 5. The molecule has 7 nitrogen and oxygen atoms in total. The molecule has 0 unspecified atom stereocenters. The standard InChI is InChI=1S/C22H15BrN4O3/c23-16-12-10-14(11-13-16)19(28)24-18-9-5-4-8-17(18)20(29)25-22-27-26-21(30-22)15-6-2-1-3-7-15/h1-13H,(H,24,28)(H,25,27,29). The Morgan fingerprint density at radius 3 is 2.23 bits per heavy atom. The Morgan fingerprint density at radius 1 is 0.767 bits per heavy atom. The second-order valence-corrected chi connectivity index (χ2v) is 7.15. The van der Waals surface area contributed by atoms with Gasteiger partial charge in [-0.05, 0) is 48.5 Å². The third kappa shape index (κ3) is 4.44. The molecule has 0 aliphatic carbocycles. The molecule has 0 bridgehead atoms. The van der Waals surface area contributed by atoms with Crippen LogP contribution in [0.4, 0.5) is 11.7 Å². The van der Waals surface area contributed by atoms with E-state index in [9.17, 15) is 9.59 Å². The molecule has 0 fully saturated rings. The number of benzene rings is 3. The van der Waals surface area contributed by atoms with Crippen LogP contribution >= 0.6 is 15.9 Å². The Bertz CT molecular complexity index is 1190. The van der Waals surface area contributed by atoms with Gasteiger partial charge in [0.05, 0.1) is 11.3 Å². The van der Waals surface area contributed by atoms with Gasteiger partial charge in [0.2, 0.25) is 5.89 Å². The highest BCUT2D eigenvalue weighted by atomic mass is 79.9. The fourth-order valence-electron chi connectivity index (χ4n) is 2.72. The molecule has 1 aromatic heterocycles. The highest BCUT2D eigenvalue weighted by molar-refractivity contribution is 9.10. The van der Waals surface area contributed by atoms with Crippen molar-refractivity contribution >= 4 is 39.4 Å². The molecule has 2 N–H and O–H groups in total. The predicted molar refractivity (Wildman–Crippen MR) is 116 cm³/mol. The van der Waals surface area contributed by atoms with Crippen LogP contribution in [0.2, 0.25) is 0 Å². The first-order valence-electron chi connectivity index (χ1n) is 8.96. The minimum absolute atomic E-state index is 0.0344. The van der Waals surface area contributed by atoms with Crippen LogP contribution in [-0.2, 0) is 0 Å². The van der Waals surface area contributed by atoms with Gasteiger partial charge in [-0.1, -0.05) is 51.4 Å². The summed E-state index contributed by atoms with van der Waals surface area (Å²) in [4.78, 5) is 25.3.